The predicted molar refractivity (Wildman–Crippen MR) is 93.8 cm³/mol. The third-order valence-corrected chi connectivity index (χ3v) is 4.30. The lowest BCUT2D eigenvalue weighted by atomic mass is 10.1. The number of nitrogens with one attached hydrogen (secondary N) is 1. The van der Waals surface area contributed by atoms with Crippen LogP contribution in [-0.2, 0) is 11.2 Å². The van der Waals surface area contributed by atoms with Gasteiger partial charge in [-0.1, -0.05) is 24.6 Å². The Morgan fingerprint density at radius 2 is 2.05 bits per heavy atom. The zero-order valence-electron chi connectivity index (χ0n) is 12.5. The van der Waals surface area contributed by atoms with Gasteiger partial charge >= 0.3 is 0 Å². The van der Waals surface area contributed by atoms with Crippen LogP contribution >= 0.6 is 27.5 Å². The predicted octanol–water partition coefficient (Wildman–Crippen LogP) is 4.99. The first-order chi connectivity index (χ1) is 10.5. The highest BCUT2D eigenvalue weighted by Crippen LogP contribution is 2.24. The fraction of sp³-hybridized carbons (Fsp3) is 0.235. The lowest BCUT2D eigenvalue weighted by Gasteiger charge is -2.10. The lowest BCUT2D eigenvalue weighted by Crippen LogP contribution is -2.20. The monoisotopic (exact) mass is 381 g/mol. The van der Waals surface area contributed by atoms with E-state index in [4.69, 9.17) is 16.3 Å². The third-order valence-electron chi connectivity index (χ3n) is 3.22. The minimum Gasteiger partial charge on any atom is -0.484 e. The number of anilines is 1. The molecular formula is C17H17BrClNO2. The Labute approximate surface area is 143 Å². The average Bonchev–Trinajstić information content (AvgIpc) is 2.50. The summed E-state index contributed by atoms with van der Waals surface area (Å²) in [4.78, 5) is 12.0. The molecule has 0 fully saturated rings. The largest absolute Gasteiger partial charge is 0.484 e. The summed E-state index contributed by atoms with van der Waals surface area (Å²) in [5.74, 6) is 0.412. The first kappa shape index (κ1) is 16.8. The van der Waals surface area contributed by atoms with E-state index in [1.165, 1.54) is 5.56 Å². The van der Waals surface area contributed by atoms with Crippen LogP contribution in [-0.4, -0.2) is 12.5 Å². The summed E-state index contributed by atoms with van der Waals surface area (Å²) in [6, 6.07) is 11.2. The second kappa shape index (κ2) is 7.65. The molecule has 22 heavy (non-hydrogen) atoms. The second-order valence-corrected chi connectivity index (χ2v) is 6.18. The van der Waals surface area contributed by atoms with Crippen molar-refractivity contribution in [3.63, 3.8) is 0 Å². The van der Waals surface area contributed by atoms with Gasteiger partial charge in [0.2, 0.25) is 0 Å². The van der Waals surface area contributed by atoms with E-state index in [1.54, 1.807) is 12.1 Å². The van der Waals surface area contributed by atoms with Gasteiger partial charge in [0.25, 0.3) is 5.91 Å². The highest BCUT2D eigenvalue weighted by atomic mass is 79.9. The molecule has 2 aromatic carbocycles. The Hall–Kier alpha value is -1.52. The first-order valence-corrected chi connectivity index (χ1v) is 8.14. The number of halogens is 2. The van der Waals surface area contributed by atoms with E-state index >= 15 is 0 Å². The lowest BCUT2D eigenvalue weighted by molar-refractivity contribution is -0.118. The first-order valence-electron chi connectivity index (χ1n) is 6.97. The fourth-order valence-electron chi connectivity index (χ4n) is 1.92. The summed E-state index contributed by atoms with van der Waals surface area (Å²) in [6.45, 7) is 3.92. The summed E-state index contributed by atoms with van der Waals surface area (Å²) in [6.07, 6.45) is 0.950. The van der Waals surface area contributed by atoms with Crippen molar-refractivity contribution in [2.75, 3.05) is 11.9 Å². The molecule has 2 rings (SSSR count). The quantitative estimate of drug-likeness (QED) is 0.791. The average molecular weight is 383 g/mol. The van der Waals surface area contributed by atoms with Crippen LogP contribution in [0.1, 0.15) is 18.1 Å². The van der Waals surface area contributed by atoms with Crippen LogP contribution < -0.4 is 10.1 Å². The molecule has 1 amide bonds. The van der Waals surface area contributed by atoms with Crippen molar-refractivity contribution in [2.24, 2.45) is 0 Å². The summed E-state index contributed by atoms with van der Waals surface area (Å²) >= 11 is 9.41. The molecule has 0 radical (unpaired) electrons. The Bertz CT molecular complexity index is 688. The molecule has 1 N–H and O–H groups in total. The molecule has 0 atom stereocenters. The molecule has 0 heterocycles. The van der Waals surface area contributed by atoms with Gasteiger partial charge < -0.3 is 10.1 Å². The Balaban J connectivity index is 1.94. The number of aryl methyl sites for hydroxylation is 2. The highest BCUT2D eigenvalue weighted by Gasteiger charge is 2.07. The second-order valence-electron chi connectivity index (χ2n) is 4.92. The number of hydrogen-bond acceptors (Lipinski definition) is 2. The molecular weight excluding hydrogens is 366 g/mol. The molecule has 0 aliphatic rings. The summed E-state index contributed by atoms with van der Waals surface area (Å²) in [5, 5.41) is 3.50. The van der Waals surface area contributed by atoms with Gasteiger partial charge in [0.1, 0.15) is 5.75 Å². The maximum atomic E-state index is 12.0. The van der Waals surface area contributed by atoms with Crippen molar-refractivity contribution in [3.05, 3.63) is 57.0 Å². The number of hydrogen-bond donors (Lipinski definition) is 1. The standard InChI is InChI=1S/C17H17BrClNO2/c1-3-12-4-7-16(14(18)9-12)20-17(21)10-22-13-5-6-15(19)11(2)8-13/h4-9H,3,10H2,1-2H3,(H,20,21). The van der Waals surface area contributed by atoms with Gasteiger partial charge in [0, 0.05) is 9.50 Å². The van der Waals surface area contributed by atoms with E-state index < -0.39 is 0 Å². The SMILES string of the molecule is CCc1ccc(NC(=O)COc2ccc(Cl)c(C)c2)c(Br)c1. The van der Waals surface area contributed by atoms with Gasteiger partial charge in [-0.2, -0.15) is 0 Å². The minimum atomic E-state index is -0.211. The van der Waals surface area contributed by atoms with E-state index in [-0.39, 0.29) is 12.5 Å². The number of benzene rings is 2. The Kier molecular flexibility index (Phi) is 5.86. The molecule has 116 valence electrons. The molecule has 3 nitrogen and oxygen atoms in total. The molecule has 0 spiro atoms. The van der Waals surface area contributed by atoms with Gasteiger partial charge in [-0.05, 0) is 70.7 Å². The molecule has 0 aliphatic carbocycles. The van der Waals surface area contributed by atoms with Gasteiger partial charge in [-0.25, -0.2) is 0 Å². The van der Waals surface area contributed by atoms with Crippen LogP contribution in [0.4, 0.5) is 5.69 Å². The third kappa shape index (κ3) is 4.49. The van der Waals surface area contributed by atoms with Crippen LogP contribution in [0.15, 0.2) is 40.9 Å². The minimum absolute atomic E-state index is 0.0525. The summed E-state index contributed by atoms with van der Waals surface area (Å²) in [7, 11) is 0. The van der Waals surface area contributed by atoms with Gasteiger partial charge in [-0.15, -0.1) is 0 Å². The van der Waals surface area contributed by atoms with Crippen LogP contribution in [0.3, 0.4) is 0 Å². The molecule has 0 aliphatic heterocycles. The van der Waals surface area contributed by atoms with Gasteiger partial charge in [-0.3, -0.25) is 4.79 Å². The number of rotatable bonds is 5. The number of amides is 1. The van der Waals surface area contributed by atoms with Crippen molar-refractivity contribution in [1.82, 2.24) is 0 Å². The van der Waals surface area contributed by atoms with E-state index in [1.807, 2.05) is 31.2 Å². The van der Waals surface area contributed by atoms with E-state index in [0.29, 0.717) is 10.8 Å². The van der Waals surface area contributed by atoms with Gasteiger partial charge in [0.05, 0.1) is 5.69 Å². The zero-order valence-corrected chi connectivity index (χ0v) is 14.8. The summed E-state index contributed by atoms with van der Waals surface area (Å²) in [5.41, 5.74) is 2.85. The van der Waals surface area contributed by atoms with E-state index in [9.17, 15) is 4.79 Å². The number of ether oxygens (including phenoxy) is 1. The van der Waals surface area contributed by atoms with Crippen LogP contribution in [0.5, 0.6) is 5.75 Å². The Morgan fingerprint density at radius 3 is 2.68 bits per heavy atom. The molecule has 0 saturated carbocycles. The molecule has 2 aromatic rings. The van der Waals surface area contributed by atoms with Crippen molar-refractivity contribution in [1.29, 1.82) is 0 Å². The maximum Gasteiger partial charge on any atom is 0.262 e. The Morgan fingerprint density at radius 1 is 1.27 bits per heavy atom. The molecule has 0 bridgehead atoms. The summed E-state index contributed by atoms with van der Waals surface area (Å²) < 4.78 is 6.34. The van der Waals surface area contributed by atoms with Crippen molar-refractivity contribution < 1.29 is 9.53 Å². The van der Waals surface area contributed by atoms with Crippen LogP contribution in [0.2, 0.25) is 5.02 Å². The van der Waals surface area contributed by atoms with Crippen LogP contribution in [0, 0.1) is 6.92 Å². The van der Waals surface area contributed by atoms with Crippen molar-refractivity contribution in [2.45, 2.75) is 20.3 Å². The molecule has 5 heteroatoms. The van der Waals surface area contributed by atoms with Gasteiger partial charge in [0.15, 0.2) is 6.61 Å². The van der Waals surface area contributed by atoms with Crippen molar-refractivity contribution >= 4 is 39.1 Å². The number of carbonyl (C=O) groups is 1. The fourth-order valence-corrected chi connectivity index (χ4v) is 2.56. The molecule has 0 unspecified atom stereocenters. The smallest absolute Gasteiger partial charge is 0.262 e. The topological polar surface area (TPSA) is 38.3 Å². The zero-order chi connectivity index (χ0) is 16.1. The van der Waals surface area contributed by atoms with E-state index in [2.05, 4.69) is 28.2 Å². The van der Waals surface area contributed by atoms with Crippen molar-refractivity contribution in [3.8, 4) is 5.75 Å². The maximum absolute atomic E-state index is 12.0. The van der Waals surface area contributed by atoms with E-state index in [0.717, 1.165) is 22.1 Å². The molecule has 0 saturated heterocycles. The number of carbonyl (C=O) groups excluding carboxylic acids is 1. The molecule has 0 aromatic heterocycles. The normalized spacial score (nSPS) is 10.4. The highest BCUT2D eigenvalue weighted by molar-refractivity contribution is 9.10. The van der Waals surface area contributed by atoms with Crippen LogP contribution in [0.25, 0.3) is 0 Å².